The largest absolute Gasteiger partial charge is 0.496 e. The van der Waals surface area contributed by atoms with Gasteiger partial charge in [-0.3, -0.25) is 0 Å². The normalized spacial score (nSPS) is 10.2. The zero-order chi connectivity index (χ0) is 17.1. The number of benzene rings is 1. The predicted molar refractivity (Wildman–Crippen MR) is 93.0 cm³/mol. The number of rotatable bonds is 4. The van der Waals surface area contributed by atoms with Gasteiger partial charge in [-0.2, -0.15) is 5.26 Å². The molecule has 2 heterocycles. The number of anilines is 1. The number of hydrogen-bond donors (Lipinski definition) is 1. The van der Waals surface area contributed by atoms with Gasteiger partial charge in [0, 0.05) is 10.9 Å². The van der Waals surface area contributed by atoms with Gasteiger partial charge in [-0.05, 0) is 18.2 Å². The van der Waals surface area contributed by atoms with Crippen molar-refractivity contribution in [2.45, 2.75) is 0 Å². The molecule has 0 saturated heterocycles. The first-order valence-electron chi connectivity index (χ1n) is 7.00. The maximum Gasteiger partial charge on any atom is 0.142 e. The minimum absolute atomic E-state index is 0.144. The van der Waals surface area contributed by atoms with Crippen LogP contribution in [0.1, 0.15) is 5.56 Å². The van der Waals surface area contributed by atoms with Crippen LogP contribution in [-0.2, 0) is 0 Å². The summed E-state index contributed by atoms with van der Waals surface area (Å²) in [5.41, 5.74) is 10.6. The van der Waals surface area contributed by atoms with Crippen molar-refractivity contribution in [1.82, 2.24) is 9.97 Å². The van der Waals surface area contributed by atoms with E-state index < -0.39 is 0 Å². The van der Waals surface area contributed by atoms with Crippen molar-refractivity contribution in [3.8, 4) is 40.1 Å². The molecular formula is C17H14N4O2S. The van der Waals surface area contributed by atoms with Crippen molar-refractivity contribution >= 4 is 17.2 Å². The van der Waals surface area contributed by atoms with Crippen molar-refractivity contribution in [2.75, 3.05) is 20.0 Å². The Morgan fingerprint density at radius 1 is 1.17 bits per heavy atom. The summed E-state index contributed by atoms with van der Waals surface area (Å²) in [5, 5.41) is 11.3. The van der Waals surface area contributed by atoms with Crippen LogP contribution in [0.3, 0.4) is 0 Å². The maximum absolute atomic E-state index is 9.42. The van der Waals surface area contributed by atoms with Crippen LogP contribution in [0, 0.1) is 11.3 Å². The maximum atomic E-state index is 9.42. The average Bonchev–Trinajstić information content (AvgIpc) is 3.14. The van der Waals surface area contributed by atoms with Crippen molar-refractivity contribution in [3.63, 3.8) is 0 Å². The molecule has 0 unspecified atom stereocenters. The molecular weight excluding hydrogens is 324 g/mol. The van der Waals surface area contributed by atoms with Gasteiger partial charge in [0.25, 0.3) is 0 Å². The minimum atomic E-state index is 0.144. The van der Waals surface area contributed by atoms with Crippen LogP contribution in [0.15, 0.2) is 35.2 Å². The lowest BCUT2D eigenvalue weighted by Crippen LogP contribution is -2.01. The number of nitrogen functional groups attached to an aromatic ring is 1. The topological polar surface area (TPSA) is 94.0 Å². The average molecular weight is 338 g/mol. The number of ether oxygens (including phenoxy) is 2. The SMILES string of the molecule is COc1cccc(OC)c1-c1cc(-c2cscn2)c(C#N)c(N)n1. The second-order valence-corrected chi connectivity index (χ2v) is 5.56. The smallest absolute Gasteiger partial charge is 0.142 e. The van der Waals surface area contributed by atoms with Gasteiger partial charge in [-0.15, -0.1) is 11.3 Å². The molecule has 120 valence electrons. The third kappa shape index (κ3) is 2.64. The van der Waals surface area contributed by atoms with Crippen molar-refractivity contribution in [3.05, 3.63) is 40.7 Å². The van der Waals surface area contributed by atoms with E-state index in [-0.39, 0.29) is 5.82 Å². The lowest BCUT2D eigenvalue weighted by atomic mass is 10.0. The molecule has 0 saturated carbocycles. The molecule has 0 bridgehead atoms. The number of pyridine rings is 1. The molecule has 24 heavy (non-hydrogen) atoms. The molecule has 2 N–H and O–H groups in total. The molecule has 6 nitrogen and oxygen atoms in total. The first-order valence-corrected chi connectivity index (χ1v) is 7.94. The van der Waals surface area contributed by atoms with Crippen LogP contribution in [0.5, 0.6) is 11.5 Å². The van der Waals surface area contributed by atoms with Gasteiger partial charge in [0.15, 0.2) is 0 Å². The lowest BCUT2D eigenvalue weighted by Gasteiger charge is -2.14. The standard InChI is InChI=1S/C17H14N4O2S/c1-22-14-4-3-5-15(23-2)16(14)12-6-10(13-8-24-9-20-13)11(7-18)17(19)21-12/h3-6,8-9H,1-2H3,(H2,19,21). The molecule has 0 aliphatic rings. The summed E-state index contributed by atoms with van der Waals surface area (Å²) in [7, 11) is 3.15. The zero-order valence-corrected chi connectivity index (χ0v) is 13.9. The monoisotopic (exact) mass is 338 g/mol. The summed E-state index contributed by atoms with van der Waals surface area (Å²) in [6, 6.07) is 9.35. The van der Waals surface area contributed by atoms with Gasteiger partial charge in [0.1, 0.15) is 28.9 Å². The Kier molecular flexibility index (Phi) is 4.31. The van der Waals surface area contributed by atoms with Crippen molar-refractivity contribution in [1.29, 1.82) is 5.26 Å². The van der Waals surface area contributed by atoms with Gasteiger partial charge in [0.2, 0.25) is 0 Å². The highest BCUT2D eigenvalue weighted by Gasteiger charge is 2.19. The summed E-state index contributed by atoms with van der Waals surface area (Å²) < 4.78 is 10.9. The summed E-state index contributed by atoms with van der Waals surface area (Å²) in [6.45, 7) is 0. The van der Waals surface area contributed by atoms with E-state index in [9.17, 15) is 5.26 Å². The molecule has 0 fully saturated rings. The fourth-order valence-corrected chi connectivity index (χ4v) is 3.01. The summed E-state index contributed by atoms with van der Waals surface area (Å²) in [5.74, 6) is 1.36. The van der Waals surface area contributed by atoms with Crippen LogP contribution >= 0.6 is 11.3 Å². The van der Waals surface area contributed by atoms with Crippen LogP contribution in [0.25, 0.3) is 22.5 Å². The Hall–Kier alpha value is -3.11. The highest BCUT2D eigenvalue weighted by atomic mass is 32.1. The number of nitrogens with two attached hydrogens (primary N) is 1. The lowest BCUT2D eigenvalue weighted by molar-refractivity contribution is 0.397. The number of methoxy groups -OCH3 is 2. The molecule has 0 atom stereocenters. The third-order valence-corrected chi connectivity index (χ3v) is 4.14. The van der Waals surface area contributed by atoms with Crippen molar-refractivity contribution < 1.29 is 9.47 Å². The van der Waals surface area contributed by atoms with Crippen LogP contribution in [-0.4, -0.2) is 24.2 Å². The Morgan fingerprint density at radius 3 is 2.42 bits per heavy atom. The summed E-state index contributed by atoms with van der Waals surface area (Å²) >= 11 is 1.45. The Morgan fingerprint density at radius 2 is 1.88 bits per heavy atom. The van der Waals surface area contributed by atoms with Crippen LogP contribution in [0.2, 0.25) is 0 Å². The van der Waals surface area contributed by atoms with Gasteiger partial charge in [-0.25, -0.2) is 9.97 Å². The molecule has 7 heteroatoms. The van der Waals surface area contributed by atoms with Crippen LogP contribution < -0.4 is 15.2 Å². The predicted octanol–water partition coefficient (Wildman–Crippen LogP) is 3.34. The van der Waals surface area contributed by atoms with Gasteiger partial charge in [0.05, 0.1) is 36.7 Å². The number of nitrogens with zero attached hydrogens (tertiary/aromatic N) is 3. The van der Waals surface area contributed by atoms with E-state index in [1.165, 1.54) is 11.3 Å². The molecule has 0 radical (unpaired) electrons. The number of hydrogen-bond acceptors (Lipinski definition) is 7. The molecule has 3 aromatic rings. The first kappa shape index (κ1) is 15.8. The van der Waals surface area contributed by atoms with Gasteiger partial charge < -0.3 is 15.2 Å². The first-order chi connectivity index (χ1) is 11.7. The van der Waals surface area contributed by atoms with Gasteiger partial charge >= 0.3 is 0 Å². The van der Waals surface area contributed by atoms with Gasteiger partial charge in [-0.1, -0.05) is 6.07 Å². The number of aromatic nitrogens is 2. The molecule has 0 aliphatic carbocycles. The van der Waals surface area contributed by atoms with E-state index in [4.69, 9.17) is 15.2 Å². The highest BCUT2D eigenvalue weighted by molar-refractivity contribution is 7.07. The number of thiazole rings is 1. The van der Waals surface area contributed by atoms with E-state index in [1.807, 2.05) is 23.6 Å². The highest BCUT2D eigenvalue weighted by Crippen LogP contribution is 2.40. The quantitative estimate of drug-likeness (QED) is 0.784. The van der Waals surface area contributed by atoms with E-state index in [1.54, 1.807) is 25.8 Å². The molecule has 0 aliphatic heterocycles. The van der Waals surface area contributed by atoms with Crippen molar-refractivity contribution in [2.24, 2.45) is 0 Å². The number of nitriles is 1. The van der Waals surface area contributed by atoms with E-state index in [0.29, 0.717) is 39.6 Å². The van der Waals surface area contributed by atoms with Crippen LogP contribution in [0.4, 0.5) is 5.82 Å². The fraction of sp³-hybridized carbons (Fsp3) is 0.118. The minimum Gasteiger partial charge on any atom is -0.496 e. The Bertz CT molecular complexity index is 895. The summed E-state index contributed by atoms with van der Waals surface area (Å²) in [6.07, 6.45) is 0. The Balaban J connectivity index is 2.30. The van der Waals surface area contributed by atoms with E-state index in [0.717, 1.165) is 0 Å². The molecule has 2 aromatic heterocycles. The van der Waals surface area contributed by atoms with E-state index >= 15 is 0 Å². The molecule has 0 spiro atoms. The fourth-order valence-electron chi connectivity index (χ4n) is 2.46. The molecule has 3 rings (SSSR count). The molecule has 0 amide bonds. The Labute approximate surface area is 143 Å². The third-order valence-electron chi connectivity index (χ3n) is 3.55. The zero-order valence-electron chi connectivity index (χ0n) is 13.1. The summed E-state index contributed by atoms with van der Waals surface area (Å²) in [4.78, 5) is 8.65. The molecule has 1 aromatic carbocycles. The van der Waals surface area contributed by atoms with E-state index in [2.05, 4.69) is 16.0 Å². The second kappa shape index (κ2) is 6.56. The second-order valence-electron chi connectivity index (χ2n) is 4.84.